The first-order chi connectivity index (χ1) is 12.6. The summed E-state index contributed by atoms with van der Waals surface area (Å²) in [5, 5.41) is 4.81. The van der Waals surface area contributed by atoms with Gasteiger partial charge in [0.2, 0.25) is 5.91 Å². The molecule has 2 aromatic rings. The van der Waals surface area contributed by atoms with Crippen molar-refractivity contribution < 1.29 is 22.4 Å². The van der Waals surface area contributed by atoms with Crippen LogP contribution in [0.5, 0.6) is 0 Å². The number of amides is 1. The monoisotopic (exact) mass is 422 g/mol. The minimum Gasteiger partial charge on any atom is -0.351 e. The number of thiazole rings is 1. The van der Waals surface area contributed by atoms with E-state index < -0.39 is 29.4 Å². The molecule has 1 aliphatic heterocycles. The molecule has 0 spiro atoms. The van der Waals surface area contributed by atoms with Gasteiger partial charge < -0.3 is 10.6 Å². The van der Waals surface area contributed by atoms with Gasteiger partial charge in [0.25, 0.3) is 0 Å². The van der Waals surface area contributed by atoms with E-state index in [1.807, 2.05) is 0 Å². The second-order valence-electron chi connectivity index (χ2n) is 6.17. The van der Waals surface area contributed by atoms with Crippen molar-refractivity contribution in [3.8, 4) is 10.6 Å². The molecule has 1 aliphatic rings. The number of carbonyl (C=O) groups excluding carboxylic acids is 1. The van der Waals surface area contributed by atoms with Gasteiger partial charge in [-0.15, -0.1) is 11.3 Å². The van der Waals surface area contributed by atoms with E-state index in [9.17, 15) is 22.4 Å². The van der Waals surface area contributed by atoms with E-state index in [0.29, 0.717) is 16.9 Å². The van der Waals surface area contributed by atoms with Crippen molar-refractivity contribution in [2.24, 2.45) is 0 Å². The van der Waals surface area contributed by atoms with Crippen LogP contribution in [0.3, 0.4) is 0 Å². The van der Waals surface area contributed by atoms with Crippen LogP contribution in [-0.4, -0.2) is 34.1 Å². The van der Waals surface area contributed by atoms with Crippen molar-refractivity contribution in [3.05, 3.63) is 34.1 Å². The third kappa shape index (κ3) is 4.56. The number of carbonyl (C=O) groups is 1. The zero-order valence-corrected chi connectivity index (χ0v) is 15.6. The Kier molecular flexibility index (Phi) is 5.68. The first-order valence-electron chi connectivity index (χ1n) is 8.01. The highest BCUT2D eigenvalue weighted by molar-refractivity contribution is 7.15. The summed E-state index contributed by atoms with van der Waals surface area (Å²) in [5.41, 5.74) is 0.757. The molecule has 3 atom stereocenters. The number of hydrogen-bond donors (Lipinski definition) is 2. The van der Waals surface area contributed by atoms with E-state index in [2.05, 4.69) is 20.6 Å². The van der Waals surface area contributed by atoms with Crippen LogP contribution in [0, 0.1) is 0 Å². The van der Waals surface area contributed by atoms with Gasteiger partial charge in [-0.25, -0.2) is 9.37 Å². The lowest BCUT2D eigenvalue weighted by Crippen LogP contribution is -2.42. The van der Waals surface area contributed by atoms with Gasteiger partial charge in [0, 0.05) is 31.4 Å². The molecule has 3 heterocycles. The molecule has 11 heteroatoms. The number of nitrogens with one attached hydrogen (secondary N) is 2. The Balaban J connectivity index is 1.70. The first-order valence-corrected chi connectivity index (χ1v) is 9.20. The number of alkyl halides is 4. The van der Waals surface area contributed by atoms with Gasteiger partial charge in [0.15, 0.2) is 5.01 Å². The maximum atomic E-state index is 13.5. The van der Waals surface area contributed by atoms with E-state index in [-0.39, 0.29) is 34.5 Å². The lowest BCUT2D eigenvalue weighted by atomic mass is 10.1. The molecule has 0 unspecified atom stereocenters. The Morgan fingerprint density at radius 2 is 2.15 bits per heavy atom. The molecule has 146 valence electrons. The number of hydrogen-bond acceptors (Lipinski definition) is 5. The maximum Gasteiger partial charge on any atom is 0.443 e. The summed E-state index contributed by atoms with van der Waals surface area (Å²) in [7, 11) is 0. The smallest absolute Gasteiger partial charge is 0.351 e. The molecule has 0 saturated carbocycles. The van der Waals surface area contributed by atoms with Crippen molar-refractivity contribution in [2.45, 2.75) is 44.3 Å². The van der Waals surface area contributed by atoms with Crippen LogP contribution in [0.2, 0.25) is 5.02 Å². The molecule has 0 bridgehead atoms. The van der Waals surface area contributed by atoms with Crippen molar-refractivity contribution in [3.63, 3.8) is 0 Å². The summed E-state index contributed by atoms with van der Waals surface area (Å²) in [6.07, 6.45) is -3.13. The molecule has 0 radical (unpaired) electrons. The van der Waals surface area contributed by atoms with Gasteiger partial charge in [-0.05, 0) is 18.6 Å². The zero-order chi connectivity index (χ0) is 19.8. The molecule has 0 aromatic carbocycles. The number of halogens is 5. The van der Waals surface area contributed by atoms with Crippen LogP contribution >= 0.6 is 22.9 Å². The van der Waals surface area contributed by atoms with Gasteiger partial charge in [0.1, 0.15) is 6.17 Å². The van der Waals surface area contributed by atoms with E-state index in [1.165, 1.54) is 12.3 Å². The van der Waals surface area contributed by atoms with E-state index >= 15 is 0 Å². The summed E-state index contributed by atoms with van der Waals surface area (Å²) >= 11 is 6.54. The van der Waals surface area contributed by atoms with Gasteiger partial charge in [-0.1, -0.05) is 11.6 Å². The zero-order valence-electron chi connectivity index (χ0n) is 14.0. The second-order valence-corrected chi connectivity index (χ2v) is 7.60. The normalized spacial score (nSPS) is 22.8. The Bertz CT molecular complexity index is 834. The van der Waals surface area contributed by atoms with Crippen molar-refractivity contribution in [1.82, 2.24) is 20.6 Å². The second kappa shape index (κ2) is 7.69. The topological polar surface area (TPSA) is 66.9 Å². The molecule has 1 amide bonds. The first kappa shape index (κ1) is 20.0. The number of rotatable bonds is 4. The Morgan fingerprint density at radius 3 is 2.74 bits per heavy atom. The van der Waals surface area contributed by atoms with Gasteiger partial charge >= 0.3 is 6.18 Å². The average Bonchev–Trinajstić information content (AvgIpc) is 3.21. The lowest BCUT2D eigenvalue weighted by molar-refractivity contribution is -0.137. The highest BCUT2D eigenvalue weighted by Crippen LogP contribution is 2.36. The quantitative estimate of drug-likeness (QED) is 0.739. The van der Waals surface area contributed by atoms with Crippen molar-refractivity contribution >= 4 is 28.8 Å². The summed E-state index contributed by atoms with van der Waals surface area (Å²) in [6, 6.07) is 0.468. The third-order valence-electron chi connectivity index (χ3n) is 4.17. The van der Waals surface area contributed by atoms with E-state index in [0.717, 1.165) is 6.20 Å². The predicted molar refractivity (Wildman–Crippen MR) is 93.1 cm³/mol. The lowest BCUT2D eigenvalue weighted by Gasteiger charge is -2.13. The number of nitrogens with zero attached hydrogens (tertiary/aromatic N) is 2. The molecule has 1 fully saturated rings. The Labute approximate surface area is 161 Å². The minimum absolute atomic E-state index is 0.0433. The fraction of sp³-hybridized carbons (Fsp3) is 0.438. The van der Waals surface area contributed by atoms with E-state index in [1.54, 1.807) is 6.92 Å². The van der Waals surface area contributed by atoms with Crippen LogP contribution in [0.4, 0.5) is 17.6 Å². The standard InChI is InChI=1S/C16H15ClF4N4OS/c1-7-10(18)3-12(25-7)14(26)23-4-8-2-11(22-5-9(8)17)13-6-24-15(27-13)16(19,20)21/h2,5-7,10,12,25H,3-4H2,1H3,(H,23,26)/t7-,10+,12-/m0/s1. The predicted octanol–water partition coefficient (Wildman–Crippen LogP) is 3.58. The fourth-order valence-electron chi connectivity index (χ4n) is 2.68. The minimum atomic E-state index is -4.52. The van der Waals surface area contributed by atoms with Gasteiger partial charge in [0.05, 0.1) is 21.6 Å². The average molecular weight is 423 g/mol. The van der Waals surface area contributed by atoms with Crippen LogP contribution in [-0.2, 0) is 17.5 Å². The number of aromatic nitrogens is 2. The fourth-order valence-corrected chi connectivity index (χ4v) is 3.60. The molecular formula is C16H15ClF4N4OS. The van der Waals surface area contributed by atoms with Gasteiger partial charge in [-0.2, -0.15) is 13.2 Å². The van der Waals surface area contributed by atoms with Crippen LogP contribution in [0.25, 0.3) is 10.6 Å². The highest BCUT2D eigenvalue weighted by Gasteiger charge is 2.35. The summed E-state index contributed by atoms with van der Waals surface area (Å²) < 4.78 is 51.6. The molecule has 1 saturated heterocycles. The molecular weight excluding hydrogens is 408 g/mol. The van der Waals surface area contributed by atoms with Crippen LogP contribution in [0.15, 0.2) is 18.5 Å². The van der Waals surface area contributed by atoms with E-state index in [4.69, 9.17) is 11.6 Å². The van der Waals surface area contributed by atoms with Gasteiger partial charge in [-0.3, -0.25) is 9.78 Å². The molecule has 27 heavy (non-hydrogen) atoms. The molecule has 2 N–H and O–H groups in total. The van der Waals surface area contributed by atoms with Crippen LogP contribution < -0.4 is 10.6 Å². The van der Waals surface area contributed by atoms with Crippen molar-refractivity contribution in [1.29, 1.82) is 0 Å². The summed E-state index contributed by atoms with van der Waals surface area (Å²) in [4.78, 5) is 19.8. The third-order valence-corrected chi connectivity index (χ3v) is 5.58. The Morgan fingerprint density at radius 1 is 1.41 bits per heavy atom. The SMILES string of the molecule is C[C@@H]1N[C@H](C(=O)NCc2cc(-c3cnc(C(F)(F)F)s3)ncc2Cl)C[C@H]1F. The van der Waals surface area contributed by atoms with Crippen molar-refractivity contribution in [2.75, 3.05) is 0 Å². The molecule has 3 rings (SSSR count). The Hall–Kier alpha value is -1.78. The number of pyridine rings is 1. The molecule has 2 aromatic heterocycles. The molecule has 0 aliphatic carbocycles. The summed E-state index contributed by atoms with van der Waals surface area (Å²) in [6.45, 7) is 1.70. The largest absolute Gasteiger partial charge is 0.443 e. The maximum absolute atomic E-state index is 13.5. The summed E-state index contributed by atoms with van der Waals surface area (Å²) in [5.74, 6) is -0.367. The van der Waals surface area contributed by atoms with Crippen LogP contribution in [0.1, 0.15) is 23.9 Å². The molecule has 5 nitrogen and oxygen atoms in total. The highest BCUT2D eigenvalue weighted by atomic mass is 35.5.